The number of thiazole rings is 1. The molecule has 1 saturated heterocycles. The molecule has 0 unspecified atom stereocenters. The Bertz CT molecular complexity index is 536. The van der Waals surface area contributed by atoms with Gasteiger partial charge >= 0.3 is 0 Å². The van der Waals surface area contributed by atoms with Gasteiger partial charge in [-0.05, 0) is 31.0 Å². The molecular weight excluding hydrogens is 261 g/mol. The van der Waals surface area contributed by atoms with E-state index in [1.165, 1.54) is 0 Å². The van der Waals surface area contributed by atoms with E-state index in [0.717, 1.165) is 42.3 Å². The summed E-state index contributed by atoms with van der Waals surface area (Å²) in [4.78, 5) is 6.30. The van der Waals surface area contributed by atoms with E-state index >= 15 is 0 Å². The maximum Gasteiger partial charge on any atom is 0.148 e. The summed E-state index contributed by atoms with van der Waals surface area (Å²) in [6.07, 6.45) is 4.09. The minimum Gasteiger partial charge on any atom is -0.378 e. The van der Waals surface area contributed by atoms with Crippen LogP contribution in [0.3, 0.4) is 0 Å². The van der Waals surface area contributed by atoms with Gasteiger partial charge in [-0.3, -0.25) is 0 Å². The average Bonchev–Trinajstić information content (AvgIpc) is 3.10. The van der Waals surface area contributed by atoms with Gasteiger partial charge in [0.2, 0.25) is 0 Å². The lowest BCUT2D eigenvalue weighted by Crippen LogP contribution is -2.18. The molecular formula is C14H16FN3S. The Morgan fingerprint density at radius 3 is 2.84 bits per heavy atom. The second kappa shape index (κ2) is 5.57. The van der Waals surface area contributed by atoms with Gasteiger partial charge in [0.05, 0.1) is 12.2 Å². The fourth-order valence-electron chi connectivity index (χ4n) is 2.35. The number of anilines is 2. The van der Waals surface area contributed by atoms with Crippen molar-refractivity contribution in [2.24, 2.45) is 0 Å². The predicted molar refractivity (Wildman–Crippen MR) is 77.3 cm³/mol. The molecule has 19 heavy (non-hydrogen) atoms. The molecule has 1 aliphatic rings. The normalized spacial score (nSPS) is 14.9. The first kappa shape index (κ1) is 12.4. The maximum absolute atomic E-state index is 14.1. The number of nitrogens with one attached hydrogen (secondary N) is 1. The minimum absolute atomic E-state index is 0.147. The number of benzene rings is 1. The molecule has 2 heterocycles. The van der Waals surface area contributed by atoms with Crippen LogP contribution in [-0.4, -0.2) is 18.1 Å². The molecule has 0 bridgehead atoms. The molecule has 0 amide bonds. The third-order valence-corrected chi connectivity index (χ3v) is 4.10. The zero-order valence-corrected chi connectivity index (χ0v) is 11.4. The number of halogens is 1. The number of hydrogen-bond donors (Lipinski definition) is 1. The SMILES string of the molecule is Fc1cc(NCc2nccs2)ccc1N1CCCC1. The number of hydrogen-bond acceptors (Lipinski definition) is 4. The summed E-state index contributed by atoms with van der Waals surface area (Å²) < 4.78 is 14.1. The van der Waals surface area contributed by atoms with Crippen LogP contribution in [0, 0.1) is 5.82 Å². The van der Waals surface area contributed by atoms with Crippen LogP contribution < -0.4 is 10.2 Å². The van der Waals surface area contributed by atoms with Gasteiger partial charge in [0.25, 0.3) is 0 Å². The van der Waals surface area contributed by atoms with E-state index in [4.69, 9.17) is 0 Å². The van der Waals surface area contributed by atoms with Crippen molar-refractivity contribution in [1.29, 1.82) is 0 Å². The van der Waals surface area contributed by atoms with E-state index in [9.17, 15) is 4.39 Å². The van der Waals surface area contributed by atoms with E-state index in [1.54, 1.807) is 23.6 Å². The molecule has 1 N–H and O–H groups in total. The van der Waals surface area contributed by atoms with Crippen LogP contribution in [0.25, 0.3) is 0 Å². The van der Waals surface area contributed by atoms with Crippen molar-refractivity contribution in [2.75, 3.05) is 23.3 Å². The lowest BCUT2D eigenvalue weighted by Gasteiger charge is -2.18. The lowest BCUT2D eigenvalue weighted by molar-refractivity contribution is 0.623. The van der Waals surface area contributed by atoms with Crippen LogP contribution in [0.1, 0.15) is 17.8 Å². The third-order valence-electron chi connectivity index (χ3n) is 3.32. The summed E-state index contributed by atoms with van der Waals surface area (Å²) in [6.45, 7) is 2.56. The summed E-state index contributed by atoms with van der Waals surface area (Å²) in [5, 5.41) is 6.14. The summed E-state index contributed by atoms with van der Waals surface area (Å²) in [7, 11) is 0. The van der Waals surface area contributed by atoms with Gasteiger partial charge in [0.15, 0.2) is 0 Å². The molecule has 0 spiro atoms. The van der Waals surface area contributed by atoms with E-state index in [1.807, 2.05) is 17.5 Å². The standard InChI is InChI=1S/C14H16FN3S/c15-12-9-11(17-10-14-16-5-8-19-14)3-4-13(12)18-6-1-2-7-18/h3-5,8-9,17H,1-2,6-7,10H2. The van der Waals surface area contributed by atoms with Crippen molar-refractivity contribution in [3.05, 3.63) is 40.6 Å². The minimum atomic E-state index is -0.147. The summed E-state index contributed by atoms with van der Waals surface area (Å²) >= 11 is 1.59. The van der Waals surface area contributed by atoms with Crippen LogP contribution in [0.15, 0.2) is 29.8 Å². The highest BCUT2D eigenvalue weighted by atomic mass is 32.1. The topological polar surface area (TPSA) is 28.2 Å². The van der Waals surface area contributed by atoms with Gasteiger partial charge in [-0.25, -0.2) is 9.37 Å². The number of rotatable bonds is 4. The molecule has 1 aromatic heterocycles. The van der Waals surface area contributed by atoms with Gasteiger partial charge in [0, 0.05) is 30.4 Å². The van der Waals surface area contributed by atoms with Crippen LogP contribution in [0.4, 0.5) is 15.8 Å². The highest BCUT2D eigenvalue weighted by Crippen LogP contribution is 2.26. The van der Waals surface area contributed by atoms with Gasteiger partial charge in [-0.2, -0.15) is 0 Å². The van der Waals surface area contributed by atoms with Crippen molar-refractivity contribution >= 4 is 22.7 Å². The van der Waals surface area contributed by atoms with Crippen molar-refractivity contribution in [3.63, 3.8) is 0 Å². The van der Waals surface area contributed by atoms with Crippen molar-refractivity contribution < 1.29 is 4.39 Å². The lowest BCUT2D eigenvalue weighted by atomic mass is 10.2. The molecule has 1 aliphatic heterocycles. The highest BCUT2D eigenvalue weighted by molar-refractivity contribution is 7.09. The summed E-state index contributed by atoms with van der Waals surface area (Å²) in [5.74, 6) is -0.147. The van der Waals surface area contributed by atoms with Crippen LogP contribution >= 0.6 is 11.3 Å². The molecule has 1 aromatic carbocycles. The Labute approximate surface area is 116 Å². The highest BCUT2D eigenvalue weighted by Gasteiger charge is 2.16. The Morgan fingerprint density at radius 1 is 1.32 bits per heavy atom. The van der Waals surface area contributed by atoms with Crippen molar-refractivity contribution in [2.45, 2.75) is 19.4 Å². The first-order chi connectivity index (χ1) is 9.33. The smallest absolute Gasteiger partial charge is 0.148 e. The molecule has 0 aliphatic carbocycles. The molecule has 0 saturated carbocycles. The molecule has 0 atom stereocenters. The molecule has 3 nitrogen and oxygen atoms in total. The Balaban J connectivity index is 1.68. The molecule has 1 fully saturated rings. The fraction of sp³-hybridized carbons (Fsp3) is 0.357. The zero-order valence-electron chi connectivity index (χ0n) is 10.6. The summed E-state index contributed by atoms with van der Waals surface area (Å²) in [5.41, 5.74) is 1.52. The zero-order chi connectivity index (χ0) is 13.1. The van der Waals surface area contributed by atoms with Crippen molar-refractivity contribution in [3.8, 4) is 0 Å². The molecule has 100 valence electrons. The predicted octanol–water partition coefficient (Wildman–Crippen LogP) is 3.49. The third kappa shape index (κ3) is 2.87. The number of aromatic nitrogens is 1. The van der Waals surface area contributed by atoms with Crippen LogP contribution in [0.2, 0.25) is 0 Å². The Morgan fingerprint density at radius 2 is 2.16 bits per heavy atom. The number of nitrogens with zero attached hydrogens (tertiary/aromatic N) is 2. The Kier molecular flexibility index (Phi) is 3.64. The van der Waals surface area contributed by atoms with E-state index in [-0.39, 0.29) is 5.82 Å². The average molecular weight is 277 g/mol. The van der Waals surface area contributed by atoms with E-state index in [2.05, 4.69) is 15.2 Å². The quantitative estimate of drug-likeness (QED) is 0.927. The monoisotopic (exact) mass is 277 g/mol. The maximum atomic E-state index is 14.1. The molecule has 3 rings (SSSR count). The largest absolute Gasteiger partial charge is 0.378 e. The summed E-state index contributed by atoms with van der Waals surface area (Å²) in [6, 6.07) is 5.37. The second-order valence-electron chi connectivity index (χ2n) is 4.64. The molecule has 5 heteroatoms. The fourth-order valence-corrected chi connectivity index (χ4v) is 2.91. The first-order valence-corrected chi connectivity index (χ1v) is 7.37. The van der Waals surface area contributed by atoms with E-state index in [0.29, 0.717) is 6.54 Å². The molecule has 0 radical (unpaired) electrons. The first-order valence-electron chi connectivity index (χ1n) is 6.50. The van der Waals surface area contributed by atoms with Gasteiger partial charge in [0.1, 0.15) is 10.8 Å². The van der Waals surface area contributed by atoms with Gasteiger partial charge < -0.3 is 10.2 Å². The van der Waals surface area contributed by atoms with Crippen molar-refractivity contribution in [1.82, 2.24) is 4.98 Å². The van der Waals surface area contributed by atoms with Crippen LogP contribution in [0.5, 0.6) is 0 Å². The van der Waals surface area contributed by atoms with E-state index < -0.39 is 0 Å². The van der Waals surface area contributed by atoms with Crippen LogP contribution in [-0.2, 0) is 6.54 Å². The van der Waals surface area contributed by atoms with Gasteiger partial charge in [-0.1, -0.05) is 0 Å². The Hall–Kier alpha value is -1.62. The second-order valence-corrected chi connectivity index (χ2v) is 5.62. The van der Waals surface area contributed by atoms with Gasteiger partial charge in [-0.15, -0.1) is 11.3 Å². The molecule has 2 aromatic rings.